The first-order valence-electron chi connectivity index (χ1n) is 7.01. The van der Waals surface area contributed by atoms with Crippen molar-refractivity contribution >= 4 is 35.8 Å². The number of nitrogens with zero attached hydrogens (tertiary/aromatic N) is 2. The number of ether oxygens (including phenoxy) is 1. The van der Waals surface area contributed by atoms with Crippen LogP contribution in [0.2, 0.25) is 0 Å². The van der Waals surface area contributed by atoms with Gasteiger partial charge in [0.1, 0.15) is 6.54 Å². The van der Waals surface area contributed by atoms with Crippen molar-refractivity contribution in [2.75, 3.05) is 46.9 Å². The van der Waals surface area contributed by atoms with Gasteiger partial charge in [0.25, 0.3) is 0 Å². The van der Waals surface area contributed by atoms with E-state index in [2.05, 4.69) is 22.2 Å². The number of halogens is 1. The van der Waals surface area contributed by atoms with Crippen molar-refractivity contribution in [1.82, 2.24) is 15.5 Å². The van der Waals surface area contributed by atoms with Gasteiger partial charge in [0.05, 0.1) is 6.61 Å². The highest BCUT2D eigenvalue weighted by molar-refractivity contribution is 14.0. The standard InChI is InChI=1S/C14H28N4O2.HI/c1-5-7-8-10-18(3)14(15-6-2)17-12-13(19)16-9-11-20-4;/h5H,1,6-12H2,2-4H3,(H,15,17)(H,16,19);1H. The molecule has 124 valence electrons. The van der Waals surface area contributed by atoms with Gasteiger partial charge in [0.15, 0.2) is 5.96 Å². The second-order valence-electron chi connectivity index (χ2n) is 4.37. The molecule has 0 aliphatic rings. The van der Waals surface area contributed by atoms with Gasteiger partial charge in [-0.15, -0.1) is 30.6 Å². The maximum absolute atomic E-state index is 11.6. The van der Waals surface area contributed by atoms with Crippen molar-refractivity contribution in [2.45, 2.75) is 19.8 Å². The van der Waals surface area contributed by atoms with Crippen LogP contribution in [0.3, 0.4) is 0 Å². The number of amides is 1. The lowest BCUT2D eigenvalue weighted by Gasteiger charge is -2.21. The van der Waals surface area contributed by atoms with E-state index in [1.165, 1.54) is 0 Å². The van der Waals surface area contributed by atoms with Crippen molar-refractivity contribution in [3.05, 3.63) is 12.7 Å². The number of guanidine groups is 1. The molecule has 0 aromatic rings. The van der Waals surface area contributed by atoms with Gasteiger partial charge in [-0.05, 0) is 19.8 Å². The molecule has 0 aromatic heterocycles. The molecule has 21 heavy (non-hydrogen) atoms. The highest BCUT2D eigenvalue weighted by atomic mass is 127. The maximum Gasteiger partial charge on any atom is 0.241 e. The Morgan fingerprint density at radius 2 is 2.14 bits per heavy atom. The summed E-state index contributed by atoms with van der Waals surface area (Å²) in [5, 5.41) is 5.92. The zero-order chi connectivity index (χ0) is 15.2. The number of hydrogen-bond donors (Lipinski definition) is 2. The molecule has 0 aliphatic carbocycles. The largest absolute Gasteiger partial charge is 0.383 e. The van der Waals surface area contributed by atoms with Crippen LogP contribution < -0.4 is 10.6 Å². The van der Waals surface area contributed by atoms with Crippen LogP contribution in [-0.4, -0.2) is 63.7 Å². The molecule has 0 aromatic carbocycles. The van der Waals surface area contributed by atoms with Gasteiger partial charge < -0.3 is 20.3 Å². The topological polar surface area (TPSA) is 66.0 Å². The van der Waals surface area contributed by atoms with E-state index in [1.54, 1.807) is 7.11 Å². The number of hydrogen-bond acceptors (Lipinski definition) is 3. The highest BCUT2D eigenvalue weighted by Crippen LogP contribution is 1.94. The average molecular weight is 412 g/mol. The van der Waals surface area contributed by atoms with Crippen LogP contribution in [-0.2, 0) is 9.53 Å². The molecule has 0 rings (SSSR count). The molecule has 0 aliphatic heterocycles. The summed E-state index contributed by atoms with van der Waals surface area (Å²) in [6.07, 6.45) is 3.90. The fraction of sp³-hybridized carbons (Fsp3) is 0.714. The minimum atomic E-state index is -0.100. The Bertz CT molecular complexity index is 311. The molecule has 0 heterocycles. The van der Waals surface area contributed by atoms with Gasteiger partial charge in [0, 0.05) is 33.8 Å². The number of carbonyl (C=O) groups is 1. The van der Waals surface area contributed by atoms with Gasteiger partial charge in [-0.1, -0.05) is 6.08 Å². The van der Waals surface area contributed by atoms with Crippen molar-refractivity contribution in [3.8, 4) is 0 Å². The maximum atomic E-state index is 11.6. The summed E-state index contributed by atoms with van der Waals surface area (Å²) in [7, 11) is 3.57. The summed E-state index contributed by atoms with van der Waals surface area (Å²) in [5.41, 5.74) is 0. The van der Waals surface area contributed by atoms with E-state index in [0.29, 0.717) is 13.2 Å². The van der Waals surface area contributed by atoms with Crippen molar-refractivity contribution < 1.29 is 9.53 Å². The molecule has 0 spiro atoms. The molecule has 0 fully saturated rings. The molecule has 0 radical (unpaired) electrons. The molecule has 0 saturated heterocycles. The SMILES string of the molecule is C=CCCCN(C)C(=NCC(=O)NCCOC)NCC.I. The molecule has 0 saturated carbocycles. The third kappa shape index (κ3) is 12.6. The first kappa shape index (κ1) is 22.5. The van der Waals surface area contributed by atoms with Gasteiger partial charge in [0.2, 0.25) is 5.91 Å². The first-order valence-corrected chi connectivity index (χ1v) is 7.01. The molecule has 7 heteroatoms. The minimum absolute atomic E-state index is 0. The van der Waals surface area contributed by atoms with Gasteiger partial charge >= 0.3 is 0 Å². The summed E-state index contributed by atoms with van der Waals surface area (Å²) in [4.78, 5) is 17.9. The molecule has 2 N–H and O–H groups in total. The minimum Gasteiger partial charge on any atom is -0.383 e. The summed E-state index contributed by atoms with van der Waals surface area (Å²) in [6.45, 7) is 8.51. The average Bonchev–Trinajstić information content (AvgIpc) is 2.43. The van der Waals surface area contributed by atoms with E-state index in [1.807, 2.05) is 24.9 Å². The van der Waals surface area contributed by atoms with Crippen LogP contribution in [0.5, 0.6) is 0 Å². The Labute approximate surface area is 145 Å². The molecule has 1 amide bonds. The lowest BCUT2D eigenvalue weighted by atomic mass is 10.3. The van der Waals surface area contributed by atoms with E-state index >= 15 is 0 Å². The third-order valence-electron chi connectivity index (χ3n) is 2.60. The van der Waals surface area contributed by atoms with Crippen LogP contribution in [0, 0.1) is 0 Å². The second kappa shape index (κ2) is 15.6. The number of methoxy groups -OCH3 is 1. The number of aliphatic imine (C=N–C) groups is 1. The lowest BCUT2D eigenvalue weighted by Crippen LogP contribution is -2.40. The Morgan fingerprint density at radius 3 is 2.71 bits per heavy atom. The van der Waals surface area contributed by atoms with Gasteiger partial charge in [-0.2, -0.15) is 0 Å². The zero-order valence-electron chi connectivity index (χ0n) is 13.4. The third-order valence-corrected chi connectivity index (χ3v) is 2.60. The summed E-state index contributed by atoms with van der Waals surface area (Å²) >= 11 is 0. The Balaban J connectivity index is 0. The Kier molecular flexibility index (Phi) is 16.6. The van der Waals surface area contributed by atoms with Crippen LogP contribution in [0.15, 0.2) is 17.6 Å². The molecular weight excluding hydrogens is 383 g/mol. The molecule has 0 bridgehead atoms. The fourth-order valence-corrected chi connectivity index (χ4v) is 1.54. The van der Waals surface area contributed by atoms with E-state index < -0.39 is 0 Å². The summed E-state index contributed by atoms with van der Waals surface area (Å²) < 4.78 is 4.87. The molecule has 0 atom stereocenters. The predicted octanol–water partition coefficient (Wildman–Crippen LogP) is 1.23. The fourth-order valence-electron chi connectivity index (χ4n) is 1.54. The van der Waals surface area contributed by atoms with Crippen LogP contribution >= 0.6 is 24.0 Å². The number of allylic oxidation sites excluding steroid dienone is 1. The van der Waals surface area contributed by atoms with E-state index in [4.69, 9.17) is 4.74 Å². The van der Waals surface area contributed by atoms with Gasteiger partial charge in [-0.3, -0.25) is 4.79 Å². The lowest BCUT2D eigenvalue weighted by molar-refractivity contribution is -0.119. The molecular formula is C14H29IN4O2. The second-order valence-corrected chi connectivity index (χ2v) is 4.37. The smallest absolute Gasteiger partial charge is 0.241 e. The number of unbranched alkanes of at least 4 members (excludes halogenated alkanes) is 1. The number of carbonyl (C=O) groups excluding carboxylic acids is 1. The van der Waals surface area contributed by atoms with Crippen molar-refractivity contribution in [2.24, 2.45) is 4.99 Å². The Morgan fingerprint density at radius 1 is 1.43 bits per heavy atom. The van der Waals surface area contributed by atoms with E-state index in [0.717, 1.165) is 31.9 Å². The quantitative estimate of drug-likeness (QED) is 0.186. The highest BCUT2D eigenvalue weighted by Gasteiger charge is 2.06. The Hall–Kier alpha value is -0.830. The molecule has 6 nitrogen and oxygen atoms in total. The first-order chi connectivity index (χ1) is 9.65. The normalized spacial score (nSPS) is 10.5. The van der Waals surface area contributed by atoms with Crippen LogP contribution in [0.1, 0.15) is 19.8 Å². The number of rotatable bonds is 10. The molecule has 0 unspecified atom stereocenters. The summed E-state index contributed by atoms with van der Waals surface area (Å²) in [6, 6.07) is 0. The van der Waals surface area contributed by atoms with Crippen LogP contribution in [0.25, 0.3) is 0 Å². The monoisotopic (exact) mass is 412 g/mol. The summed E-state index contributed by atoms with van der Waals surface area (Å²) in [5.74, 6) is 0.649. The predicted molar refractivity (Wildman–Crippen MR) is 98.3 cm³/mol. The number of nitrogens with one attached hydrogen (secondary N) is 2. The zero-order valence-corrected chi connectivity index (χ0v) is 15.7. The van der Waals surface area contributed by atoms with Crippen molar-refractivity contribution in [3.63, 3.8) is 0 Å². The van der Waals surface area contributed by atoms with E-state index in [-0.39, 0.29) is 36.4 Å². The van der Waals surface area contributed by atoms with Crippen LogP contribution in [0.4, 0.5) is 0 Å². The van der Waals surface area contributed by atoms with Gasteiger partial charge in [-0.25, -0.2) is 4.99 Å². The van der Waals surface area contributed by atoms with Crippen molar-refractivity contribution in [1.29, 1.82) is 0 Å². The van der Waals surface area contributed by atoms with E-state index in [9.17, 15) is 4.79 Å².